The van der Waals surface area contributed by atoms with Crippen LogP contribution in [0.1, 0.15) is 45.6 Å². The van der Waals surface area contributed by atoms with E-state index >= 15 is 0 Å². The van der Waals surface area contributed by atoms with Crippen molar-refractivity contribution in [2.75, 3.05) is 100 Å². The van der Waals surface area contributed by atoms with Crippen LogP contribution in [0.3, 0.4) is 0 Å². The summed E-state index contributed by atoms with van der Waals surface area (Å²) in [5, 5.41) is 18.9. The van der Waals surface area contributed by atoms with Crippen molar-refractivity contribution in [3.8, 4) is 67.2 Å². The number of morpholine rings is 1. The highest BCUT2D eigenvalue weighted by Gasteiger charge is 2.24. The molecule has 0 atom stereocenters. The third kappa shape index (κ3) is 17.3. The highest BCUT2D eigenvalue weighted by Crippen LogP contribution is 2.38. The summed E-state index contributed by atoms with van der Waals surface area (Å²) >= 11 is 0. The average Bonchev–Trinajstić information content (AvgIpc) is 1.56. The molecule has 0 saturated carbocycles. The molecular weight excluding hydrogens is 1340 g/mol. The molecule has 2 saturated heterocycles. The minimum atomic E-state index is -0.468. The summed E-state index contributed by atoms with van der Waals surface area (Å²) in [6, 6.07) is 26.4. The number of imidazole rings is 3. The van der Waals surface area contributed by atoms with Crippen molar-refractivity contribution in [1.29, 1.82) is 0 Å². The van der Waals surface area contributed by atoms with Gasteiger partial charge in [-0.2, -0.15) is 0 Å². The van der Waals surface area contributed by atoms with E-state index in [4.69, 9.17) is 4.74 Å². The van der Waals surface area contributed by atoms with Gasteiger partial charge in [0.2, 0.25) is 23.8 Å². The van der Waals surface area contributed by atoms with Crippen LogP contribution in [-0.2, 0) is 22.6 Å². The van der Waals surface area contributed by atoms with E-state index in [9.17, 15) is 32.3 Å². The number of ether oxygens (including phenoxy) is 1. The van der Waals surface area contributed by atoms with Crippen molar-refractivity contribution in [1.82, 2.24) is 95.4 Å². The predicted molar refractivity (Wildman–Crippen MR) is 391 cm³/mol. The third-order valence-corrected chi connectivity index (χ3v) is 16.9. The molecular formula is C73H76F3N23O5. The number of aromatic amines is 3. The van der Waals surface area contributed by atoms with E-state index in [0.29, 0.717) is 102 Å². The quantitative estimate of drug-likeness (QED) is 0.0381. The smallest absolute Gasteiger partial charge is 0.321 e. The van der Waals surface area contributed by atoms with Gasteiger partial charge in [-0.1, -0.05) is 13.0 Å². The van der Waals surface area contributed by atoms with Gasteiger partial charge in [0, 0.05) is 156 Å². The molecule has 104 heavy (non-hydrogen) atoms. The molecule has 0 unspecified atom stereocenters. The molecule has 2 fully saturated rings. The summed E-state index contributed by atoms with van der Waals surface area (Å²) in [4.78, 5) is 108. The van der Waals surface area contributed by atoms with Gasteiger partial charge < -0.3 is 45.9 Å². The van der Waals surface area contributed by atoms with E-state index in [0.717, 1.165) is 90.0 Å². The first-order valence-corrected chi connectivity index (χ1v) is 33.9. The zero-order valence-electron chi connectivity index (χ0n) is 57.7. The Kier molecular flexibility index (Phi) is 23.0. The number of halogens is 3. The molecule has 0 bridgehead atoms. The molecule has 7 amide bonds. The SMILES string of the molecule is CCNC(=O)Nc1nc2c(-c3ncccc3F)cc(-c3ccc(CN4CCN(C(=O)CC)CC4)nc3)cc2[nH]1.CCNC(=O)Nc1nc2c(-c3ncccc3F)cc(-c3ccc(NC)nc3)cc2[nH]1.CCNC(=O)Nc1nc2c(-c3ncccc3F)cc(-c3cnc(CN4CCOCC4)nc3)cc2[nH]1. The van der Waals surface area contributed by atoms with Crippen LogP contribution in [0.5, 0.6) is 0 Å². The number of nitrogens with zero attached hydrogens (tertiary/aromatic N) is 13. The van der Waals surface area contributed by atoms with Gasteiger partial charge in [0.1, 0.15) is 62.7 Å². The molecule has 12 aromatic rings. The molecule has 11 heterocycles. The molecule has 0 aliphatic carbocycles. The fraction of sp³-hybridized carbons (Fsp3) is 0.260. The van der Waals surface area contributed by atoms with Crippen molar-refractivity contribution in [3.05, 3.63) is 169 Å². The van der Waals surface area contributed by atoms with Gasteiger partial charge in [0.15, 0.2) is 0 Å². The van der Waals surface area contributed by atoms with Gasteiger partial charge in [-0.3, -0.25) is 50.5 Å². The van der Waals surface area contributed by atoms with Crippen molar-refractivity contribution in [2.45, 2.75) is 47.2 Å². The number of anilines is 4. The van der Waals surface area contributed by atoms with E-state index in [-0.39, 0.29) is 58.9 Å². The molecule has 31 heteroatoms. The van der Waals surface area contributed by atoms with E-state index in [2.05, 4.69) is 112 Å². The summed E-state index contributed by atoms with van der Waals surface area (Å²) in [5.41, 5.74) is 11.2. The summed E-state index contributed by atoms with van der Waals surface area (Å²) < 4.78 is 49.5. The van der Waals surface area contributed by atoms with Gasteiger partial charge in [-0.25, -0.2) is 57.5 Å². The lowest BCUT2D eigenvalue weighted by Crippen LogP contribution is -2.48. The van der Waals surface area contributed by atoms with Gasteiger partial charge in [-0.05, 0) is 128 Å². The monoisotopic (exact) mass is 1410 g/mol. The Bertz CT molecular complexity index is 5000. The van der Waals surface area contributed by atoms with Crippen molar-refractivity contribution in [3.63, 3.8) is 0 Å². The fourth-order valence-electron chi connectivity index (χ4n) is 11.8. The number of piperazine rings is 1. The molecule has 28 nitrogen and oxygen atoms in total. The Hall–Kier alpha value is -12.4. The van der Waals surface area contributed by atoms with Crippen LogP contribution in [-0.4, -0.2) is 183 Å². The minimum Gasteiger partial charge on any atom is -0.379 e. The number of aromatic nitrogens is 13. The molecule has 0 radical (unpaired) electrons. The molecule has 3 aromatic carbocycles. The topological polar surface area (TPSA) is 348 Å². The second kappa shape index (κ2) is 33.4. The van der Waals surface area contributed by atoms with Crippen molar-refractivity contribution >= 4 is 80.8 Å². The Morgan fingerprint density at radius 2 is 0.875 bits per heavy atom. The lowest BCUT2D eigenvalue weighted by Gasteiger charge is -2.34. The molecule has 2 aliphatic heterocycles. The first kappa shape index (κ1) is 71.5. The van der Waals surface area contributed by atoms with E-state index in [1.165, 1.54) is 55.0 Å². The van der Waals surface area contributed by atoms with Crippen LogP contribution in [0.4, 0.5) is 51.2 Å². The third-order valence-electron chi connectivity index (χ3n) is 16.9. The number of amides is 7. The molecule has 14 rings (SSSR count). The van der Waals surface area contributed by atoms with Crippen LogP contribution in [0.2, 0.25) is 0 Å². The molecule has 9 aromatic heterocycles. The lowest BCUT2D eigenvalue weighted by atomic mass is 10.0. The molecule has 534 valence electrons. The number of rotatable bonds is 18. The highest BCUT2D eigenvalue weighted by molar-refractivity contribution is 6.01. The number of nitrogens with one attached hydrogen (secondary N) is 10. The van der Waals surface area contributed by atoms with Crippen LogP contribution >= 0.6 is 0 Å². The Morgan fingerprint density at radius 3 is 1.26 bits per heavy atom. The Morgan fingerprint density at radius 1 is 0.462 bits per heavy atom. The van der Waals surface area contributed by atoms with E-state index in [1.54, 1.807) is 31.8 Å². The zero-order valence-corrected chi connectivity index (χ0v) is 57.7. The lowest BCUT2D eigenvalue weighted by molar-refractivity contribution is -0.132. The molecule has 2 aliphatic rings. The van der Waals surface area contributed by atoms with Gasteiger partial charge in [-0.15, -0.1) is 0 Å². The predicted octanol–water partition coefficient (Wildman–Crippen LogP) is 11.2. The molecule has 0 spiro atoms. The highest BCUT2D eigenvalue weighted by atomic mass is 19.1. The van der Waals surface area contributed by atoms with Gasteiger partial charge in [0.05, 0.1) is 42.0 Å². The van der Waals surface area contributed by atoms with E-state index in [1.807, 2.05) is 93.3 Å². The number of carbonyl (C=O) groups excluding carboxylic acids is 4. The van der Waals surface area contributed by atoms with Gasteiger partial charge in [0.25, 0.3) is 0 Å². The number of hydrogen-bond acceptors (Lipinski definition) is 18. The molecule has 10 N–H and O–H groups in total. The second-order valence-corrected chi connectivity index (χ2v) is 24.0. The number of benzene rings is 3. The Labute approximate surface area is 595 Å². The fourth-order valence-corrected chi connectivity index (χ4v) is 11.8. The number of pyridine rings is 5. The van der Waals surface area contributed by atoms with Crippen LogP contribution in [0, 0.1) is 17.5 Å². The number of hydrogen-bond donors (Lipinski definition) is 10. The van der Waals surface area contributed by atoms with Crippen LogP contribution in [0.15, 0.2) is 140 Å². The Balaban J connectivity index is 0.000000148. The standard InChI is InChI=1S/C28H31FN8O2.C24H25FN8O2.C21H20FN7O/c1-3-24(38)37-12-10-36(11-13-37)17-20-8-7-18(16-32-20)19-14-21(25-22(29)6-5-9-31-25)26-23(15-19)33-27(34-26)35-28(39)30-4-2;1-2-26-24(34)32-23-30-19-11-15(10-17(22(19)31-23)21-18(25)4-3-5-27-21)16-12-28-20(29-13-16)14-33-6-8-35-9-7-33;1-3-24-21(30)29-20-27-16-10-13(12-6-7-17(23-2)26-11-12)9-14(19(16)28-20)18-15(22)5-4-8-25-18/h5-9,14-16H,3-4,10-13,17H2,1-2H3,(H3,30,33,34,35,39);3-5,10-13H,2,6-9,14H2,1H3,(H3,26,30,31,32,34);4-11H,3H2,1-2H3,(H,23,26)(H3,24,27,28,29,30). The summed E-state index contributed by atoms with van der Waals surface area (Å²) in [7, 11) is 1.80. The largest absolute Gasteiger partial charge is 0.379 e. The van der Waals surface area contributed by atoms with Crippen molar-refractivity contribution < 1.29 is 37.1 Å². The van der Waals surface area contributed by atoms with Gasteiger partial charge >= 0.3 is 18.1 Å². The maximum absolute atomic E-state index is 14.8. The van der Waals surface area contributed by atoms with Crippen LogP contribution in [0.25, 0.3) is 100 Å². The first-order chi connectivity index (χ1) is 50.6. The average molecular weight is 1410 g/mol. The number of H-pyrrole nitrogens is 3. The minimum absolute atomic E-state index is 0.167. The first-order valence-electron chi connectivity index (χ1n) is 33.9. The number of fused-ring (bicyclic) bond motifs is 3. The number of carbonyl (C=O) groups is 4. The summed E-state index contributed by atoms with van der Waals surface area (Å²) in [6.07, 6.45) is 12.2. The maximum Gasteiger partial charge on any atom is 0.321 e. The number of urea groups is 3. The normalized spacial score (nSPS) is 13.1. The summed E-state index contributed by atoms with van der Waals surface area (Å²) in [6.45, 7) is 16.4. The van der Waals surface area contributed by atoms with Crippen molar-refractivity contribution in [2.24, 2.45) is 0 Å². The maximum atomic E-state index is 14.8. The zero-order chi connectivity index (χ0) is 72.6. The van der Waals surface area contributed by atoms with E-state index < -0.39 is 17.5 Å². The van der Waals surface area contributed by atoms with Crippen LogP contribution < -0.4 is 37.2 Å². The summed E-state index contributed by atoms with van der Waals surface area (Å²) in [5.74, 6) is 1.03. The second-order valence-electron chi connectivity index (χ2n) is 24.0.